The number of rotatable bonds is 2. The van der Waals surface area contributed by atoms with Gasteiger partial charge >= 0.3 is 6.18 Å². The first-order valence-corrected chi connectivity index (χ1v) is 5.07. The number of halogens is 4. The molecule has 2 rings (SSSR count). The van der Waals surface area contributed by atoms with Gasteiger partial charge in [-0.05, 0) is 0 Å². The Labute approximate surface area is 99.6 Å². The lowest BCUT2D eigenvalue weighted by molar-refractivity contribution is -0.115. The zero-order valence-electron chi connectivity index (χ0n) is 8.42. The number of nitrogens with zero attached hydrogens (tertiary/aromatic N) is 2. The van der Waals surface area contributed by atoms with Crippen LogP contribution in [0.2, 0.25) is 5.15 Å². The Balaban J connectivity index is 2.38. The Bertz CT molecular complexity index is 542. The second kappa shape index (κ2) is 4.37. The number of hydrogen-bond acceptors (Lipinski definition) is 3. The molecule has 0 unspecified atom stereocenters. The zero-order valence-corrected chi connectivity index (χ0v) is 9.18. The van der Waals surface area contributed by atoms with E-state index in [0.717, 1.165) is 0 Å². The molecule has 2 aromatic rings. The molecule has 0 aliphatic heterocycles. The van der Waals surface area contributed by atoms with Crippen LogP contribution < -0.4 is 5.32 Å². The first kappa shape index (κ1) is 11.9. The highest BCUT2D eigenvalue weighted by Gasteiger charge is 2.27. The number of fused-ring (bicyclic) bond motifs is 1. The maximum atomic E-state index is 12.1. The van der Waals surface area contributed by atoms with E-state index in [9.17, 15) is 13.2 Å². The number of alkyl halides is 3. The normalized spacial score (nSPS) is 11.8. The molecule has 0 atom stereocenters. The lowest BCUT2D eigenvalue weighted by Gasteiger charge is -2.10. The first-order chi connectivity index (χ1) is 7.97. The molecule has 17 heavy (non-hydrogen) atoms. The van der Waals surface area contributed by atoms with Gasteiger partial charge in [0.2, 0.25) is 0 Å². The van der Waals surface area contributed by atoms with Crippen molar-refractivity contribution < 1.29 is 13.2 Å². The van der Waals surface area contributed by atoms with Crippen molar-refractivity contribution in [2.75, 3.05) is 11.9 Å². The van der Waals surface area contributed by atoms with Gasteiger partial charge in [0.25, 0.3) is 0 Å². The van der Waals surface area contributed by atoms with Crippen LogP contribution in [0.1, 0.15) is 0 Å². The van der Waals surface area contributed by atoms with Crippen molar-refractivity contribution in [3.63, 3.8) is 0 Å². The largest absolute Gasteiger partial charge is 0.405 e. The molecule has 0 saturated carbocycles. The Morgan fingerprint density at radius 2 is 1.76 bits per heavy atom. The van der Waals surface area contributed by atoms with E-state index < -0.39 is 12.7 Å². The molecule has 1 N–H and O–H groups in total. The summed E-state index contributed by atoms with van der Waals surface area (Å²) in [5.41, 5.74) is 0. The maximum absolute atomic E-state index is 12.1. The van der Waals surface area contributed by atoms with Crippen molar-refractivity contribution >= 4 is 28.2 Å². The van der Waals surface area contributed by atoms with Gasteiger partial charge < -0.3 is 5.32 Å². The predicted molar refractivity (Wildman–Crippen MR) is 59.1 cm³/mol. The van der Waals surface area contributed by atoms with Crippen LogP contribution in [0.15, 0.2) is 24.3 Å². The van der Waals surface area contributed by atoms with Crippen LogP contribution in [0.3, 0.4) is 0 Å². The quantitative estimate of drug-likeness (QED) is 0.902. The molecule has 0 saturated heterocycles. The number of benzene rings is 1. The van der Waals surface area contributed by atoms with Gasteiger partial charge in [0, 0.05) is 10.8 Å². The van der Waals surface area contributed by atoms with Crippen LogP contribution in [-0.4, -0.2) is 22.9 Å². The van der Waals surface area contributed by atoms with Gasteiger partial charge in [-0.15, -0.1) is 10.2 Å². The van der Waals surface area contributed by atoms with E-state index in [-0.39, 0.29) is 11.0 Å². The molecule has 1 heterocycles. The highest BCUT2D eigenvalue weighted by molar-refractivity contribution is 6.34. The van der Waals surface area contributed by atoms with E-state index in [2.05, 4.69) is 15.5 Å². The molecule has 0 spiro atoms. The van der Waals surface area contributed by atoms with Gasteiger partial charge in [-0.3, -0.25) is 0 Å². The van der Waals surface area contributed by atoms with Gasteiger partial charge in [-0.2, -0.15) is 13.2 Å². The summed E-state index contributed by atoms with van der Waals surface area (Å²) in [5, 5.41) is 10.6. The summed E-state index contributed by atoms with van der Waals surface area (Å²) in [6.07, 6.45) is -4.30. The molecule has 90 valence electrons. The minimum absolute atomic E-state index is 0.0716. The lowest BCUT2D eigenvalue weighted by Crippen LogP contribution is -2.22. The third kappa shape index (κ3) is 2.76. The van der Waals surface area contributed by atoms with E-state index in [1.807, 2.05) is 0 Å². The third-order valence-corrected chi connectivity index (χ3v) is 2.38. The standard InChI is InChI=1S/C10H7ClF3N3/c11-8-6-3-1-2-4-7(6)9(17-16-8)15-5-10(12,13)14/h1-4H,5H2,(H,15,17). The average molecular weight is 262 g/mol. The van der Waals surface area contributed by atoms with E-state index in [4.69, 9.17) is 11.6 Å². The number of aromatic nitrogens is 2. The molecule has 7 heteroatoms. The summed E-state index contributed by atoms with van der Waals surface area (Å²) in [6.45, 7) is -1.16. The molecule has 1 aromatic carbocycles. The Kier molecular flexibility index (Phi) is 3.06. The van der Waals surface area contributed by atoms with Crippen molar-refractivity contribution in [3.8, 4) is 0 Å². The number of hydrogen-bond donors (Lipinski definition) is 1. The van der Waals surface area contributed by atoms with Crippen LogP contribution in [-0.2, 0) is 0 Å². The fraction of sp³-hybridized carbons (Fsp3) is 0.200. The molecule has 0 radical (unpaired) electrons. The van der Waals surface area contributed by atoms with Crippen LogP contribution in [0.25, 0.3) is 10.8 Å². The Hall–Kier alpha value is -1.56. The fourth-order valence-corrected chi connectivity index (χ4v) is 1.59. The van der Waals surface area contributed by atoms with Gasteiger partial charge in [0.15, 0.2) is 11.0 Å². The van der Waals surface area contributed by atoms with Crippen LogP contribution in [0.4, 0.5) is 19.0 Å². The molecule has 3 nitrogen and oxygen atoms in total. The summed E-state index contributed by atoms with van der Waals surface area (Å²) in [6, 6.07) is 6.72. The van der Waals surface area contributed by atoms with Crippen molar-refractivity contribution in [1.82, 2.24) is 10.2 Å². The Morgan fingerprint density at radius 3 is 2.41 bits per heavy atom. The van der Waals surface area contributed by atoms with Crippen LogP contribution in [0.5, 0.6) is 0 Å². The smallest absolute Gasteiger partial charge is 0.359 e. The molecular formula is C10H7ClF3N3. The SMILES string of the molecule is FC(F)(F)CNc1nnc(Cl)c2ccccc12. The van der Waals surface area contributed by atoms with Crippen molar-refractivity contribution in [1.29, 1.82) is 0 Å². The molecule has 0 aliphatic carbocycles. The summed E-state index contributed by atoms with van der Waals surface area (Å²) in [4.78, 5) is 0. The summed E-state index contributed by atoms with van der Waals surface area (Å²) >= 11 is 5.80. The van der Waals surface area contributed by atoms with Crippen molar-refractivity contribution in [3.05, 3.63) is 29.4 Å². The molecule has 0 fully saturated rings. The topological polar surface area (TPSA) is 37.8 Å². The third-order valence-electron chi connectivity index (χ3n) is 2.10. The summed E-state index contributed by atoms with van der Waals surface area (Å²) in [5.74, 6) is 0.0716. The highest BCUT2D eigenvalue weighted by atomic mass is 35.5. The van der Waals surface area contributed by atoms with Gasteiger partial charge in [0.1, 0.15) is 6.54 Å². The zero-order chi connectivity index (χ0) is 12.5. The van der Waals surface area contributed by atoms with Gasteiger partial charge in [0.05, 0.1) is 0 Å². The summed E-state index contributed by atoms with van der Waals surface area (Å²) in [7, 11) is 0. The van der Waals surface area contributed by atoms with E-state index in [1.165, 1.54) is 0 Å². The van der Waals surface area contributed by atoms with Crippen molar-refractivity contribution in [2.45, 2.75) is 6.18 Å². The van der Waals surface area contributed by atoms with Crippen LogP contribution in [0, 0.1) is 0 Å². The molecule has 0 amide bonds. The minimum Gasteiger partial charge on any atom is -0.359 e. The minimum atomic E-state index is -4.30. The molecule has 0 bridgehead atoms. The van der Waals surface area contributed by atoms with E-state index in [1.54, 1.807) is 24.3 Å². The average Bonchev–Trinajstić information content (AvgIpc) is 2.27. The van der Waals surface area contributed by atoms with E-state index in [0.29, 0.717) is 10.8 Å². The van der Waals surface area contributed by atoms with Gasteiger partial charge in [-0.1, -0.05) is 35.9 Å². The molecule has 0 aliphatic rings. The molecule has 1 aromatic heterocycles. The number of anilines is 1. The van der Waals surface area contributed by atoms with Gasteiger partial charge in [-0.25, -0.2) is 0 Å². The second-order valence-corrected chi connectivity index (χ2v) is 3.71. The number of nitrogens with one attached hydrogen (secondary N) is 1. The first-order valence-electron chi connectivity index (χ1n) is 4.69. The monoisotopic (exact) mass is 261 g/mol. The highest BCUT2D eigenvalue weighted by Crippen LogP contribution is 2.26. The van der Waals surface area contributed by atoms with Crippen molar-refractivity contribution in [2.24, 2.45) is 0 Å². The fourth-order valence-electron chi connectivity index (χ4n) is 1.39. The van der Waals surface area contributed by atoms with Crippen LogP contribution >= 0.6 is 11.6 Å². The predicted octanol–water partition coefficient (Wildman–Crippen LogP) is 3.26. The van der Waals surface area contributed by atoms with E-state index >= 15 is 0 Å². The summed E-state index contributed by atoms with van der Waals surface area (Å²) < 4.78 is 36.3. The maximum Gasteiger partial charge on any atom is 0.405 e. The second-order valence-electron chi connectivity index (χ2n) is 3.35. The molecular weight excluding hydrogens is 255 g/mol. The Morgan fingerprint density at radius 1 is 1.12 bits per heavy atom. The lowest BCUT2D eigenvalue weighted by atomic mass is 10.2.